The molecule has 0 spiro atoms. The number of hydrogen-bond acceptors (Lipinski definition) is 3. The van der Waals surface area contributed by atoms with Gasteiger partial charge in [-0.05, 0) is 37.0 Å². The van der Waals surface area contributed by atoms with Crippen LogP contribution in [-0.4, -0.2) is 36.6 Å². The SMILES string of the molecule is ONCCCCc1ccc(N(CCCl)CCCl)cc1. The summed E-state index contributed by atoms with van der Waals surface area (Å²) in [6.07, 6.45) is 3.08. The second-order valence-electron chi connectivity index (χ2n) is 4.40. The molecule has 0 heterocycles. The van der Waals surface area contributed by atoms with E-state index >= 15 is 0 Å². The van der Waals surface area contributed by atoms with Gasteiger partial charge in [-0.15, -0.1) is 23.2 Å². The first kappa shape index (κ1) is 16.6. The highest BCUT2D eigenvalue weighted by Crippen LogP contribution is 2.16. The van der Waals surface area contributed by atoms with Crippen molar-refractivity contribution in [3.05, 3.63) is 29.8 Å². The van der Waals surface area contributed by atoms with Crippen molar-refractivity contribution in [2.75, 3.05) is 36.3 Å². The fourth-order valence-electron chi connectivity index (χ4n) is 1.98. The maximum atomic E-state index is 8.48. The summed E-state index contributed by atoms with van der Waals surface area (Å²) in [5.74, 6) is 1.21. The van der Waals surface area contributed by atoms with Crippen molar-refractivity contribution in [2.45, 2.75) is 19.3 Å². The van der Waals surface area contributed by atoms with Crippen LogP contribution in [-0.2, 0) is 6.42 Å². The number of rotatable bonds is 10. The molecule has 0 saturated heterocycles. The zero-order chi connectivity index (χ0) is 13.9. The number of anilines is 1. The van der Waals surface area contributed by atoms with E-state index in [0.29, 0.717) is 18.3 Å². The minimum Gasteiger partial charge on any atom is -0.369 e. The van der Waals surface area contributed by atoms with Crippen LogP contribution in [0.25, 0.3) is 0 Å². The Morgan fingerprint density at radius 2 is 1.63 bits per heavy atom. The summed E-state index contributed by atoms with van der Waals surface area (Å²) in [4.78, 5) is 2.19. The van der Waals surface area contributed by atoms with E-state index in [-0.39, 0.29) is 0 Å². The fourth-order valence-corrected chi connectivity index (χ4v) is 2.39. The van der Waals surface area contributed by atoms with Gasteiger partial charge < -0.3 is 10.1 Å². The highest BCUT2D eigenvalue weighted by atomic mass is 35.5. The van der Waals surface area contributed by atoms with Crippen LogP contribution < -0.4 is 10.4 Å². The highest BCUT2D eigenvalue weighted by Gasteiger charge is 2.05. The van der Waals surface area contributed by atoms with Crippen molar-refractivity contribution in [1.29, 1.82) is 0 Å². The van der Waals surface area contributed by atoms with Crippen LogP contribution >= 0.6 is 23.2 Å². The summed E-state index contributed by atoms with van der Waals surface area (Å²) in [7, 11) is 0. The van der Waals surface area contributed by atoms with Crippen LogP contribution in [0, 0.1) is 0 Å². The number of aryl methyl sites for hydroxylation is 1. The van der Waals surface area contributed by atoms with E-state index in [2.05, 4.69) is 34.6 Å². The summed E-state index contributed by atoms with van der Waals surface area (Å²) < 4.78 is 0. The maximum Gasteiger partial charge on any atom is 0.0399 e. The third-order valence-electron chi connectivity index (χ3n) is 3.01. The summed E-state index contributed by atoms with van der Waals surface area (Å²) in [5, 5.41) is 8.48. The van der Waals surface area contributed by atoms with E-state index in [0.717, 1.165) is 32.4 Å². The molecule has 0 aliphatic rings. The third-order valence-corrected chi connectivity index (χ3v) is 3.35. The maximum absolute atomic E-state index is 8.48. The number of benzene rings is 1. The van der Waals surface area contributed by atoms with E-state index in [1.165, 1.54) is 11.3 Å². The van der Waals surface area contributed by atoms with Crippen LogP contribution in [0.5, 0.6) is 0 Å². The molecule has 0 bridgehead atoms. The Morgan fingerprint density at radius 3 is 2.16 bits per heavy atom. The van der Waals surface area contributed by atoms with Gasteiger partial charge in [0.15, 0.2) is 0 Å². The molecule has 19 heavy (non-hydrogen) atoms. The Labute approximate surface area is 125 Å². The van der Waals surface area contributed by atoms with Gasteiger partial charge in [-0.2, -0.15) is 0 Å². The van der Waals surface area contributed by atoms with Crippen LogP contribution in [0.15, 0.2) is 24.3 Å². The molecule has 1 aromatic carbocycles. The van der Waals surface area contributed by atoms with E-state index in [1.54, 1.807) is 0 Å². The van der Waals surface area contributed by atoms with Gasteiger partial charge in [0.05, 0.1) is 0 Å². The van der Waals surface area contributed by atoms with Gasteiger partial charge in [0.1, 0.15) is 0 Å². The topological polar surface area (TPSA) is 35.5 Å². The fraction of sp³-hybridized carbons (Fsp3) is 0.571. The lowest BCUT2D eigenvalue weighted by molar-refractivity contribution is 0.165. The smallest absolute Gasteiger partial charge is 0.0399 e. The summed E-state index contributed by atoms with van der Waals surface area (Å²) >= 11 is 11.6. The quantitative estimate of drug-likeness (QED) is 0.396. The Kier molecular flexibility index (Phi) is 9.01. The van der Waals surface area contributed by atoms with E-state index in [9.17, 15) is 0 Å². The van der Waals surface area contributed by atoms with Crippen LogP contribution in [0.1, 0.15) is 18.4 Å². The molecule has 0 radical (unpaired) electrons. The summed E-state index contributed by atoms with van der Waals surface area (Å²) in [5.41, 5.74) is 4.66. The number of halogens is 2. The van der Waals surface area contributed by atoms with Crippen molar-refractivity contribution in [3.63, 3.8) is 0 Å². The van der Waals surface area contributed by atoms with E-state index in [1.807, 2.05) is 0 Å². The Bertz CT molecular complexity index is 327. The molecule has 0 atom stereocenters. The average molecular weight is 305 g/mol. The van der Waals surface area contributed by atoms with E-state index < -0.39 is 0 Å². The molecule has 0 unspecified atom stereocenters. The lowest BCUT2D eigenvalue weighted by Gasteiger charge is -2.23. The molecule has 0 aliphatic carbocycles. The predicted molar refractivity (Wildman–Crippen MR) is 82.8 cm³/mol. The lowest BCUT2D eigenvalue weighted by Crippen LogP contribution is -2.27. The minimum absolute atomic E-state index is 0.604. The van der Waals surface area contributed by atoms with Gasteiger partial charge in [0, 0.05) is 37.1 Å². The minimum atomic E-state index is 0.604. The molecule has 0 amide bonds. The van der Waals surface area contributed by atoms with Gasteiger partial charge in [-0.1, -0.05) is 12.1 Å². The summed E-state index contributed by atoms with van der Waals surface area (Å²) in [6.45, 7) is 2.28. The Balaban J connectivity index is 2.49. The zero-order valence-electron chi connectivity index (χ0n) is 11.1. The van der Waals surface area contributed by atoms with Gasteiger partial charge in [-0.25, -0.2) is 5.48 Å². The number of alkyl halides is 2. The first-order chi connectivity index (χ1) is 9.31. The molecule has 0 aliphatic heterocycles. The van der Waals surface area contributed by atoms with Crippen molar-refractivity contribution >= 4 is 28.9 Å². The Hall–Kier alpha value is -0.480. The van der Waals surface area contributed by atoms with Gasteiger partial charge in [-0.3, -0.25) is 0 Å². The molecular weight excluding hydrogens is 283 g/mol. The molecule has 3 nitrogen and oxygen atoms in total. The van der Waals surface area contributed by atoms with Crippen LogP contribution in [0.3, 0.4) is 0 Å². The first-order valence-electron chi connectivity index (χ1n) is 6.64. The van der Waals surface area contributed by atoms with Crippen molar-refractivity contribution in [2.24, 2.45) is 0 Å². The molecular formula is C14H22Cl2N2O. The molecule has 108 valence electrons. The van der Waals surface area contributed by atoms with Crippen molar-refractivity contribution < 1.29 is 5.21 Å². The average Bonchev–Trinajstić information content (AvgIpc) is 2.44. The third kappa shape index (κ3) is 6.48. The number of nitrogens with one attached hydrogen (secondary N) is 1. The highest BCUT2D eigenvalue weighted by molar-refractivity contribution is 6.18. The molecule has 2 N–H and O–H groups in total. The number of unbranched alkanes of at least 4 members (excludes halogenated alkanes) is 1. The lowest BCUT2D eigenvalue weighted by atomic mass is 10.1. The molecule has 5 heteroatoms. The monoisotopic (exact) mass is 304 g/mol. The number of nitrogens with zero attached hydrogens (tertiary/aromatic N) is 1. The molecule has 1 rings (SSSR count). The molecule has 0 aromatic heterocycles. The molecule has 0 fully saturated rings. The second-order valence-corrected chi connectivity index (χ2v) is 5.15. The van der Waals surface area contributed by atoms with Gasteiger partial charge in [0.25, 0.3) is 0 Å². The zero-order valence-corrected chi connectivity index (χ0v) is 12.6. The summed E-state index contributed by atoms with van der Waals surface area (Å²) in [6, 6.07) is 8.55. The van der Waals surface area contributed by atoms with Crippen LogP contribution in [0.2, 0.25) is 0 Å². The van der Waals surface area contributed by atoms with Crippen molar-refractivity contribution in [3.8, 4) is 0 Å². The normalized spacial score (nSPS) is 10.7. The van der Waals surface area contributed by atoms with Crippen LogP contribution in [0.4, 0.5) is 5.69 Å². The van der Waals surface area contributed by atoms with Gasteiger partial charge >= 0.3 is 0 Å². The predicted octanol–water partition coefficient (Wildman–Crippen LogP) is 3.27. The number of hydrogen-bond donors (Lipinski definition) is 2. The second kappa shape index (κ2) is 10.3. The van der Waals surface area contributed by atoms with E-state index in [4.69, 9.17) is 28.4 Å². The van der Waals surface area contributed by atoms with Gasteiger partial charge in [0.2, 0.25) is 0 Å². The van der Waals surface area contributed by atoms with Crippen molar-refractivity contribution in [1.82, 2.24) is 5.48 Å². The molecule has 0 saturated carbocycles. The molecule has 1 aromatic rings. The first-order valence-corrected chi connectivity index (χ1v) is 7.71. The largest absolute Gasteiger partial charge is 0.369 e. The number of hydroxylamine groups is 1. The Morgan fingerprint density at radius 1 is 1.00 bits per heavy atom. The standard InChI is InChI=1S/C14H22Cl2N2O/c15-8-11-18(12-9-16)14-6-4-13(5-7-14)3-1-2-10-17-19/h4-7,17,19H,1-3,8-12H2.